The number of thiocarbonyl (C=S) groups is 1. The summed E-state index contributed by atoms with van der Waals surface area (Å²) in [5.74, 6) is 0.687. The summed E-state index contributed by atoms with van der Waals surface area (Å²) >= 11 is 6.89. The van der Waals surface area contributed by atoms with Gasteiger partial charge in [0.2, 0.25) is 0 Å². The molecule has 3 aliphatic rings. The smallest absolute Gasteiger partial charge is 0.200 e. The van der Waals surface area contributed by atoms with Crippen LogP contribution in [0.3, 0.4) is 0 Å². The SMILES string of the molecule is C=C/C=C(C)/C=C/C.C=C/C=C/C.C=CC1=C(OC)/C(=C/C)C1=O.C=CC1=C(SC)/C(=C/C)C1=S.[2H]C1=C(/C=C/C)CCC/C1=C\C=C. The topological polar surface area (TPSA) is 26.3 Å². The average Bonchev–Trinajstić information content (AvgIpc) is 3.07. The van der Waals surface area contributed by atoms with E-state index in [1.54, 1.807) is 43.2 Å². The van der Waals surface area contributed by atoms with Crippen LogP contribution in [0.2, 0.25) is 0 Å². The van der Waals surface area contributed by atoms with Crippen LogP contribution in [0.25, 0.3) is 0 Å². The normalized spacial score (nSPS) is 18.6. The number of carbonyl (C=O) groups excluding carboxylic acids is 1. The van der Waals surface area contributed by atoms with Gasteiger partial charge in [-0.25, -0.2) is 0 Å². The molecule has 0 spiro atoms. The Labute approximate surface area is 298 Å². The largest absolute Gasteiger partial charge is 0.495 e. The quantitative estimate of drug-likeness (QED) is 0.139. The molecule has 0 N–H and O–H groups in total. The van der Waals surface area contributed by atoms with Gasteiger partial charge in [-0.1, -0.05) is 148 Å². The Morgan fingerprint density at radius 3 is 1.96 bits per heavy atom. The lowest BCUT2D eigenvalue weighted by Gasteiger charge is -2.24. The summed E-state index contributed by atoms with van der Waals surface area (Å²) in [5.41, 5.74) is 7.10. The molecule has 3 rings (SSSR count). The lowest BCUT2D eigenvalue weighted by Crippen LogP contribution is -2.21. The fourth-order valence-corrected chi connectivity index (χ4v) is 5.62. The van der Waals surface area contributed by atoms with Crippen LogP contribution in [0.1, 0.15) is 62.2 Å². The molecule has 0 fully saturated rings. The summed E-state index contributed by atoms with van der Waals surface area (Å²) in [7, 11) is 1.55. The highest BCUT2D eigenvalue weighted by Gasteiger charge is 2.31. The van der Waals surface area contributed by atoms with E-state index in [1.165, 1.54) is 22.1 Å². The molecular formula is C43H56O2S2. The van der Waals surface area contributed by atoms with E-state index in [2.05, 4.69) is 45.2 Å². The van der Waals surface area contributed by atoms with Crippen LogP contribution in [-0.4, -0.2) is 24.0 Å². The summed E-state index contributed by atoms with van der Waals surface area (Å²) in [4.78, 5) is 13.4. The second-order valence-corrected chi connectivity index (χ2v) is 10.9. The number of ketones is 1. The molecule has 47 heavy (non-hydrogen) atoms. The second kappa shape index (κ2) is 28.3. The minimum atomic E-state index is 0.0272. The second-order valence-electron chi connectivity index (χ2n) is 9.70. The molecule has 0 saturated heterocycles. The first-order chi connectivity index (χ1) is 23.0. The Morgan fingerprint density at radius 2 is 1.55 bits per heavy atom. The van der Waals surface area contributed by atoms with Gasteiger partial charge < -0.3 is 4.74 Å². The van der Waals surface area contributed by atoms with E-state index in [1.807, 2.05) is 96.2 Å². The molecule has 252 valence electrons. The van der Waals surface area contributed by atoms with Gasteiger partial charge >= 0.3 is 0 Å². The summed E-state index contributed by atoms with van der Waals surface area (Å²) in [6.07, 6.45) is 33.6. The molecule has 0 aromatic heterocycles. The molecule has 2 nitrogen and oxygen atoms in total. The molecule has 0 amide bonds. The van der Waals surface area contributed by atoms with E-state index in [9.17, 15) is 4.79 Å². The average molecular weight is 670 g/mol. The molecular weight excluding hydrogens is 613 g/mol. The van der Waals surface area contributed by atoms with Crippen molar-refractivity contribution in [1.29, 1.82) is 0 Å². The maximum Gasteiger partial charge on any atom is 0.200 e. The van der Waals surface area contributed by atoms with Crippen LogP contribution in [0.4, 0.5) is 0 Å². The van der Waals surface area contributed by atoms with Crippen molar-refractivity contribution in [3.05, 3.63) is 180 Å². The van der Waals surface area contributed by atoms with E-state index in [0.717, 1.165) is 40.8 Å². The van der Waals surface area contributed by atoms with E-state index in [4.69, 9.17) is 18.3 Å². The van der Waals surface area contributed by atoms with Crippen LogP contribution >= 0.6 is 24.0 Å². The van der Waals surface area contributed by atoms with Gasteiger partial charge in [0.1, 0.15) is 5.76 Å². The Kier molecular flexibility index (Phi) is 25.9. The molecule has 0 unspecified atom stereocenters. The Morgan fingerprint density at radius 1 is 0.915 bits per heavy atom. The molecule has 0 bridgehead atoms. The third-order valence-corrected chi connectivity index (χ3v) is 7.68. The summed E-state index contributed by atoms with van der Waals surface area (Å²) in [6.45, 7) is 29.7. The standard InChI is InChI=1S/C12H16.C9H10O2.C9H10S2.C8H12.C5H8/c1-3-6-11-8-5-9-12(10-11)7-4-2;2*1-4-6-8(10)7(5-2)9(6)11-3;1-4-6-8(3)7-5-2;1-3-5-4-2/h3-4,6-7,10H,1,5,8-9H2,2H3;2*4-5H,1H2,2-3H3;4-7H,1H2,2-3H3;3-5H,1H2,2H3/b7-4+,11-6+;2*7-5+;7-5+,8-6+;5-4+/i10D;;;;. The maximum absolute atomic E-state index is 11.1. The van der Waals surface area contributed by atoms with E-state index < -0.39 is 0 Å². The van der Waals surface area contributed by atoms with E-state index in [0.29, 0.717) is 23.0 Å². The lowest BCUT2D eigenvalue weighted by molar-refractivity contribution is -0.113. The molecule has 0 saturated carbocycles. The number of Topliss-reactive ketones (excluding diaryl/α,β-unsaturated/α-hetero) is 1. The van der Waals surface area contributed by atoms with Crippen LogP contribution in [-0.2, 0) is 9.53 Å². The predicted molar refractivity (Wildman–Crippen MR) is 219 cm³/mol. The van der Waals surface area contributed by atoms with Gasteiger partial charge in [0.05, 0.1) is 24.5 Å². The molecule has 0 aromatic rings. The van der Waals surface area contributed by atoms with Crippen LogP contribution in [0.15, 0.2) is 180 Å². The van der Waals surface area contributed by atoms with Gasteiger partial charge in [0.15, 0.2) is 5.78 Å². The summed E-state index contributed by atoms with van der Waals surface area (Å²) in [5, 5.41) is 0. The zero-order chi connectivity index (χ0) is 37.1. The number of thioether (sulfide) groups is 1. The maximum atomic E-state index is 11.1. The summed E-state index contributed by atoms with van der Waals surface area (Å²) in [6, 6.07) is 0.698. The van der Waals surface area contributed by atoms with Crippen LogP contribution in [0, 0.1) is 0 Å². The lowest BCUT2D eigenvalue weighted by atomic mass is 9.88. The summed E-state index contributed by atoms with van der Waals surface area (Å²) < 4.78 is 12.9. The number of rotatable bonds is 9. The van der Waals surface area contributed by atoms with E-state index in [-0.39, 0.29) is 5.78 Å². The highest BCUT2D eigenvalue weighted by molar-refractivity contribution is 8.03. The fourth-order valence-electron chi connectivity index (χ4n) is 4.24. The van der Waals surface area contributed by atoms with Crippen molar-refractivity contribution in [2.45, 2.75) is 60.8 Å². The van der Waals surface area contributed by atoms with Crippen molar-refractivity contribution in [2.75, 3.05) is 13.4 Å². The van der Waals surface area contributed by atoms with Crippen molar-refractivity contribution in [3.8, 4) is 0 Å². The molecule has 0 atom stereocenters. The number of hydrogen-bond acceptors (Lipinski definition) is 4. The number of ether oxygens (including phenoxy) is 1. The highest BCUT2D eigenvalue weighted by Crippen LogP contribution is 2.39. The minimum absolute atomic E-state index is 0.0272. The first-order valence-corrected chi connectivity index (χ1v) is 17.2. The zero-order valence-corrected chi connectivity index (χ0v) is 31.6. The van der Waals surface area contributed by atoms with Crippen molar-refractivity contribution in [1.82, 2.24) is 0 Å². The van der Waals surface area contributed by atoms with Gasteiger partial charge in [-0.15, -0.1) is 11.8 Å². The third-order valence-electron chi connectivity index (χ3n) is 6.39. The van der Waals surface area contributed by atoms with Gasteiger partial charge in [-0.05, 0) is 78.2 Å². The van der Waals surface area contributed by atoms with Crippen molar-refractivity contribution >= 4 is 34.6 Å². The Hall–Kier alpha value is -3.99. The van der Waals surface area contributed by atoms with Crippen LogP contribution in [0.5, 0.6) is 0 Å². The third kappa shape index (κ3) is 16.4. The van der Waals surface area contributed by atoms with E-state index >= 15 is 0 Å². The fraction of sp³-hybridized carbons (Fsp3) is 0.256. The number of carbonyl (C=O) groups is 1. The molecule has 0 aromatic carbocycles. The molecule has 4 heteroatoms. The number of methoxy groups -OCH3 is 1. The van der Waals surface area contributed by atoms with Gasteiger partial charge in [0, 0.05) is 16.1 Å². The molecule has 0 heterocycles. The first kappa shape index (κ1) is 43.0. The van der Waals surface area contributed by atoms with Gasteiger partial charge in [-0.2, -0.15) is 0 Å². The Bertz CT molecular complexity index is 1420. The van der Waals surface area contributed by atoms with Crippen molar-refractivity contribution in [2.24, 2.45) is 0 Å². The predicted octanol–water partition coefficient (Wildman–Crippen LogP) is 12.9. The first-order valence-electron chi connectivity index (χ1n) is 16.1. The van der Waals surface area contributed by atoms with Crippen molar-refractivity contribution < 1.29 is 10.9 Å². The zero-order valence-electron chi connectivity index (χ0n) is 31.0. The number of allylic oxidation sites excluding steroid dienone is 23. The van der Waals surface area contributed by atoms with Gasteiger partial charge in [0.25, 0.3) is 0 Å². The minimum Gasteiger partial charge on any atom is -0.495 e. The highest BCUT2D eigenvalue weighted by atomic mass is 32.2. The molecule has 0 aliphatic heterocycles. The number of hydrogen-bond donors (Lipinski definition) is 0. The van der Waals surface area contributed by atoms with Crippen LogP contribution < -0.4 is 0 Å². The monoisotopic (exact) mass is 669 g/mol. The molecule has 3 aliphatic carbocycles. The van der Waals surface area contributed by atoms with Gasteiger partial charge in [-0.3, -0.25) is 4.79 Å². The Balaban J connectivity index is 0. The molecule has 0 radical (unpaired) electrons. The van der Waals surface area contributed by atoms with Crippen molar-refractivity contribution in [3.63, 3.8) is 0 Å².